The highest BCUT2D eigenvalue weighted by Crippen LogP contribution is 2.41. The first-order chi connectivity index (χ1) is 17.4. The molecule has 10 heteroatoms. The predicted octanol–water partition coefficient (Wildman–Crippen LogP) is 6.22. The van der Waals surface area contributed by atoms with Crippen molar-refractivity contribution < 1.29 is 13.2 Å². The summed E-state index contributed by atoms with van der Waals surface area (Å²) in [5, 5.41) is 5.93. The van der Waals surface area contributed by atoms with Crippen molar-refractivity contribution in [1.82, 2.24) is 9.97 Å². The molecule has 0 radical (unpaired) electrons. The van der Waals surface area contributed by atoms with Crippen LogP contribution in [0.25, 0.3) is 0 Å². The van der Waals surface area contributed by atoms with E-state index in [4.69, 9.17) is 11.6 Å². The van der Waals surface area contributed by atoms with Crippen molar-refractivity contribution in [3.05, 3.63) is 59.2 Å². The van der Waals surface area contributed by atoms with Crippen molar-refractivity contribution >= 4 is 56.2 Å². The minimum Gasteiger partial charge on any atom is -0.338 e. The lowest BCUT2D eigenvalue weighted by molar-refractivity contribution is -0.118. The average molecular weight is 542 g/mol. The van der Waals surface area contributed by atoms with Crippen LogP contribution in [-0.4, -0.2) is 36.1 Å². The van der Waals surface area contributed by atoms with Gasteiger partial charge in [-0.3, -0.25) is 4.79 Å². The number of amides is 1. The van der Waals surface area contributed by atoms with Crippen LogP contribution in [0.15, 0.2) is 53.6 Å². The number of sulfone groups is 1. The molecular weight excluding hydrogens is 510 g/mol. The molecule has 0 bridgehead atoms. The van der Waals surface area contributed by atoms with E-state index in [0.29, 0.717) is 18.7 Å². The number of carbonyl (C=O) groups is 1. The zero-order valence-corrected chi connectivity index (χ0v) is 23.2. The molecule has 0 spiro atoms. The van der Waals surface area contributed by atoms with E-state index >= 15 is 0 Å². The summed E-state index contributed by atoms with van der Waals surface area (Å²) in [5.41, 5.74) is 2.96. The minimum absolute atomic E-state index is 0.107. The van der Waals surface area contributed by atoms with Crippen molar-refractivity contribution in [2.45, 2.75) is 63.0 Å². The van der Waals surface area contributed by atoms with Gasteiger partial charge in [-0.2, -0.15) is 4.98 Å². The largest absolute Gasteiger partial charge is 0.338 e. The number of aromatic nitrogens is 2. The lowest BCUT2D eigenvalue weighted by Gasteiger charge is -2.27. The highest BCUT2D eigenvalue weighted by Gasteiger charge is 2.32. The first kappa shape index (κ1) is 26.9. The summed E-state index contributed by atoms with van der Waals surface area (Å²) in [6.07, 6.45) is 2.74. The molecule has 0 saturated heterocycles. The van der Waals surface area contributed by atoms with Gasteiger partial charge in [-0.05, 0) is 62.4 Å². The smallest absolute Gasteiger partial charge is 0.229 e. The van der Waals surface area contributed by atoms with Crippen LogP contribution in [0.5, 0.6) is 0 Å². The third-order valence-electron chi connectivity index (χ3n) is 6.67. The van der Waals surface area contributed by atoms with Crippen molar-refractivity contribution in [2.75, 3.05) is 22.1 Å². The van der Waals surface area contributed by atoms with Gasteiger partial charge in [0.05, 0.1) is 22.0 Å². The summed E-state index contributed by atoms with van der Waals surface area (Å²) in [6, 6.07) is 12.6. The summed E-state index contributed by atoms with van der Waals surface area (Å²) in [4.78, 5) is 23.6. The molecule has 2 heterocycles. The average Bonchev–Trinajstić information content (AvgIpc) is 2.94. The van der Waals surface area contributed by atoms with Crippen LogP contribution in [0.1, 0.15) is 53.0 Å². The molecule has 0 atom stereocenters. The lowest BCUT2D eigenvalue weighted by Crippen LogP contribution is -2.29. The fourth-order valence-electron chi connectivity index (χ4n) is 4.42. The number of rotatable bonds is 7. The molecule has 1 amide bonds. The number of hydrogen-bond donors (Lipinski definition) is 2. The van der Waals surface area contributed by atoms with E-state index in [2.05, 4.69) is 34.4 Å². The molecule has 2 aromatic carbocycles. The second-order valence-electron chi connectivity index (χ2n) is 9.98. The second-order valence-corrected chi connectivity index (χ2v) is 12.9. The van der Waals surface area contributed by atoms with Crippen LogP contribution in [-0.2, 0) is 20.0 Å². The van der Waals surface area contributed by atoms with E-state index < -0.39 is 15.1 Å². The van der Waals surface area contributed by atoms with Crippen molar-refractivity contribution in [2.24, 2.45) is 0 Å². The first-order valence-corrected chi connectivity index (χ1v) is 14.2. The Hall–Kier alpha value is -3.17. The molecule has 1 aliphatic heterocycles. The number of fused-ring (bicyclic) bond motifs is 1. The van der Waals surface area contributed by atoms with Gasteiger partial charge in [0.1, 0.15) is 5.02 Å². The normalized spacial score (nSPS) is 15.3. The van der Waals surface area contributed by atoms with Crippen molar-refractivity contribution in [3.8, 4) is 0 Å². The van der Waals surface area contributed by atoms with Crippen LogP contribution >= 0.6 is 11.6 Å². The Labute approximate surface area is 223 Å². The molecule has 37 heavy (non-hydrogen) atoms. The van der Waals surface area contributed by atoms with E-state index in [0.717, 1.165) is 23.4 Å². The number of benzene rings is 2. The van der Waals surface area contributed by atoms with Crippen LogP contribution in [0.2, 0.25) is 5.02 Å². The number of carbonyl (C=O) groups excluding carboxylic acids is 1. The summed E-state index contributed by atoms with van der Waals surface area (Å²) >= 11 is 6.37. The minimum atomic E-state index is -3.53. The molecule has 4 rings (SSSR count). The Kier molecular flexibility index (Phi) is 7.48. The Morgan fingerprint density at radius 3 is 2.57 bits per heavy atom. The number of para-hydroxylation sites is 1. The highest BCUT2D eigenvalue weighted by molar-refractivity contribution is 7.92. The summed E-state index contributed by atoms with van der Waals surface area (Å²) in [5.74, 6) is 0.654. The number of anilines is 5. The van der Waals surface area contributed by atoms with E-state index in [1.165, 1.54) is 6.20 Å². The van der Waals surface area contributed by atoms with E-state index in [1.54, 1.807) is 38.1 Å². The molecule has 0 aliphatic carbocycles. The van der Waals surface area contributed by atoms with Gasteiger partial charge in [0, 0.05) is 24.3 Å². The van der Waals surface area contributed by atoms with Gasteiger partial charge >= 0.3 is 0 Å². The Morgan fingerprint density at radius 2 is 1.86 bits per heavy atom. The van der Waals surface area contributed by atoms with Gasteiger partial charge in [-0.15, -0.1) is 0 Å². The predicted molar refractivity (Wildman–Crippen MR) is 149 cm³/mol. The maximum Gasteiger partial charge on any atom is 0.229 e. The third kappa shape index (κ3) is 5.43. The number of nitrogens with one attached hydrogen (secondary N) is 2. The standard InChI is InChI=1S/C27H32ClN5O3S/c1-6-33-22-15-18(11-12-19(22)27(4,5)14-13-24(33)34)30-26-29-16-20(28)25(32-26)31-21-9-7-8-10-23(21)37(35,36)17(2)3/h7-12,15-17H,6,13-14H2,1-5H3,(H2,29,30,31,32). The van der Waals surface area contributed by atoms with E-state index in [9.17, 15) is 13.2 Å². The molecular formula is C27H32ClN5O3S. The SMILES string of the molecule is CCN1C(=O)CCC(C)(C)c2ccc(Nc3ncc(Cl)c(Nc4ccccc4S(=O)(=O)C(C)C)n3)cc21. The van der Waals surface area contributed by atoms with Gasteiger partial charge in [0.25, 0.3) is 0 Å². The highest BCUT2D eigenvalue weighted by atomic mass is 35.5. The molecule has 0 fully saturated rings. The van der Waals surface area contributed by atoms with Gasteiger partial charge in [0.15, 0.2) is 15.7 Å². The Morgan fingerprint density at radius 1 is 1.14 bits per heavy atom. The summed E-state index contributed by atoms with van der Waals surface area (Å²) < 4.78 is 25.7. The number of nitrogens with zero attached hydrogens (tertiary/aromatic N) is 3. The molecule has 1 aromatic heterocycles. The van der Waals surface area contributed by atoms with E-state index in [1.807, 2.05) is 30.0 Å². The van der Waals surface area contributed by atoms with Crippen molar-refractivity contribution in [1.29, 1.82) is 0 Å². The van der Waals surface area contributed by atoms with Gasteiger partial charge < -0.3 is 15.5 Å². The number of halogens is 1. The molecule has 196 valence electrons. The molecule has 0 unspecified atom stereocenters. The Balaban J connectivity index is 1.67. The zero-order valence-electron chi connectivity index (χ0n) is 21.7. The quantitative estimate of drug-likeness (QED) is 0.365. The molecule has 3 aromatic rings. The van der Waals surface area contributed by atoms with Gasteiger partial charge in [0.2, 0.25) is 11.9 Å². The lowest BCUT2D eigenvalue weighted by atomic mass is 9.80. The molecule has 8 nitrogen and oxygen atoms in total. The molecule has 1 aliphatic rings. The van der Waals surface area contributed by atoms with Crippen LogP contribution in [0.3, 0.4) is 0 Å². The third-order valence-corrected chi connectivity index (χ3v) is 9.15. The molecule has 2 N–H and O–H groups in total. The summed E-state index contributed by atoms with van der Waals surface area (Å²) in [6.45, 7) is 10.1. The Bertz CT molecular complexity index is 1440. The summed E-state index contributed by atoms with van der Waals surface area (Å²) in [7, 11) is -3.53. The maximum absolute atomic E-state index is 12.9. The monoisotopic (exact) mass is 541 g/mol. The van der Waals surface area contributed by atoms with Gasteiger partial charge in [-0.1, -0.05) is 43.6 Å². The second kappa shape index (κ2) is 10.3. The van der Waals surface area contributed by atoms with E-state index in [-0.39, 0.29) is 33.0 Å². The van der Waals surface area contributed by atoms with Crippen LogP contribution in [0.4, 0.5) is 28.8 Å². The topological polar surface area (TPSA) is 104 Å². The zero-order chi connectivity index (χ0) is 27.0. The number of hydrogen-bond acceptors (Lipinski definition) is 7. The van der Waals surface area contributed by atoms with Crippen LogP contribution < -0.4 is 15.5 Å². The maximum atomic E-state index is 12.9. The molecule has 0 saturated carbocycles. The fourth-order valence-corrected chi connectivity index (χ4v) is 5.76. The van der Waals surface area contributed by atoms with Crippen molar-refractivity contribution in [3.63, 3.8) is 0 Å². The van der Waals surface area contributed by atoms with Gasteiger partial charge in [-0.25, -0.2) is 13.4 Å². The fraction of sp³-hybridized carbons (Fsp3) is 0.370. The first-order valence-electron chi connectivity index (χ1n) is 12.3. The van der Waals surface area contributed by atoms with Crippen LogP contribution in [0, 0.1) is 0 Å².